The van der Waals surface area contributed by atoms with Gasteiger partial charge in [0, 0.05) is 22.6 Å². The van der Waals surface area contributed by atoms with Crippen LogP contribution in [0.25, 0.3) is 10.1 Å². The Morgan fingerprint density at radius 2 is 1.81 bits per heavy atom. The van der Waals surface area contributed by atoms with Gasteiger partial charge in [-0.1, -0.05) is 76.5 Å². The number of ether oxygens (including phenoxy) is 1. The van der Waals surface area contributed by atoms with E-state index < -0.39 is 0 Å². The number of esters is 1. The number of aliphatic hydroxyl groups excluding tert-OH is 1. The van der Waals surface area contributed by atoms with Gasteiger partial charge in [-0.25, -0.2) is 0 Å². The molecule has 0 radical (unpaired) electrons. The number of hydrogen-bond donors (Lipinski definition) is 1. The smallest absolute Gasteiger partial charge is 0.305 e. The molecule has 1 aliphatic rings. The third kappa shape index (κ3) is 11.5. The van der Waals surface area contributed by atoms with Gasteiger partial charge in [0.1, 0.15) is 0 Å². The highest BCUT2D eigenvalue weighted by Crippen LogP contribution is 2.31. The van der Waals surface area contributed by atoms with Crippen LogP contribution in [0.4, 0.5) is 0 Å². The summed E-state index contributed by atoms with van der Waals surface area (Å²) in [5.41, 5.74) is 0. The second kappa shape index (κ2) is 17.1. The minimum Gasteiger partial charge on any atom is -0.466 e. The number of hydrogen-bond acceptors (Lipinski definition) is 4. The van der Waals surface area contributed by atoms with Gasteiger partial charge >= 0.3 is 5.97 Å². The molecule has 0 spiro atoms. The number of carbonyl (C=O) groups is 1. The van der Waals surface area contributed by atoms with Gasteiger partial charge in [-0.05, 0) is 62.0 Å². The number of benzene rings is 1. The van der Waals surface area contributed by atoms with Crippen molar-refractivity contribution in [2.75, 3.05) is 13.2 Å². The summed E-state index contributed by atoms with van der Waals surface area (Å²) in [6.07, 6.45) is 17.7. The van der Waals surface area contributed by atoms with Crippen LogP contribution >= 0.6 is 11.3 Å². The summed E-state index contributed by atoms with van der Waals surface area (Å²) >= 11 is 1.98. The van der Waals surface area contributed by atoms with Gasteiger partial charge in [-0.15, -0.1) is 11.3 Å². The third-order valence-electron chi connectivity index (χ3n) is 6.29. The molecular weight excluding hydrogens is 416 g/mol. The Morgan fingerprint density at radius 3 is 2.56 bits per heavy atom. The van der Waals surface area contributed by atoms with Crippen molar-refractivity contribution in [1.29, 1.82) is 0 Å². The number of fused-ring (bicyclic) bond motifs is 1. The second-order valence-corrected chi connectivity index (χ2v) is 10.3. The lowest BCUT2D eigenvalue weighted by Crippen LogP contribution is -2.05. The van der Waals surface area contributed by atoms with E-state index in [1.54, 1.807) is 4.88 Å². The molecule has 0 saturated heterocycles. The van der Waals surface area contributed by atoms with Crippen molar-refractivity contribution >= 4 is 27.4 Å². The summed E-state index contributed by atoms with van der Waals surface area (Å²) in [6.45, 7) is 2.89. The minimum absolute atomic E-state index is 0.0740. The molecule has 1 saturated carbocycles. The van der Waals surface area contributed by atoms with Crippen molar-refractivity contribution in [2.24, 2.45) is 5.92 Å². The number of rotatable bonds is 14. The van der Waals surface area contributed by atoms with Crippen LogP contribution in [-0.4, -0.2) is 24.3 Å². The van der Waals surface area contributed by atoms with Crippen LogP contribution < -0.4 is 0 Å². The first-order valence-corrected chi connectivity index (χ1v) is 13.8. The Kier molecular flexibility index (Phi) is 14.4. The molecule has 32 heavy (non-hydrogen) atoms. The summed E-state index contributed by atoms with van der Waals surface area (Å²) in [5.74, 6) is 0.972. The van der Waals surface area contributed by atoms with E-state index in [-0.39, 0.29) is 12.6 Å². The zero-order chi connectivity index (χ0) is 22.9. The zero-order valence-electron chi connectivity index (χ0n) is 20.2. The maximum absolute atomic E-state index is 11.2. The van der Waals surface area contributed by atoms with Crippen molar-refractivity contribution < 1.29 is 14.6 Å². The first-order valence-electron chi connectivity index (χ1n) is 13.0. The Labute approximate surface area is 199 Å². The van der Waals surface area contributed by atoms with Crippen LogP contribution in [0.3, 0.4) is 0 Å². The lowest BCUT2D eigenvalue weighted by Gasteiger charge is -2.06. The average molecular weight is 461 g/mol. The van der Waals surface area contributed by atoms with Gasteiger partial charge in [0.15, 0.2) is 0 Å². The largest absolute Gasteiger partial charge is 0.466 e. The first-order chi connectivity index (χ1) is 15.7. The van der Waals surface area contributed by atoms with Gasteiger partial charge < -0.3 is 9.84 Å². The second-order valence-electron chi connectivity index (χ2n) is 9.11. The van der Waals surface area contributed by atoms with Gasteiger partial charge in [0.05, 0.1) is 6.61 Å². The molecule has 3 nitrogen and oxygen atoms in total. The van der Waals surface area contributed by atoms with Gasteiger partial charge in [0.2, 0.25) is 0 Å². The molecule has 0 amide bonds. The molecule has 1 heterocycles. The monoisotopic (exact) mass is 460 g/mol. The van der Waals surface area contributed by atoms with Crippen LogP contribution in [0.2, 0.25) is 0 Å². The van der Waals surface area contributed by atoms with Crippen molar-refractivity contribution in [1.82, 2.24) is 0 Å². The molecule has 1 aromatic heterocycles. The molecule has 1 aliphatic carbocycles. The number of carbonyl (C=O) groups excluding carboxylic acids is 1. The molecule has 3 rings (SSSR count). The molecule has 0 unspecified atom stereocenters. The van der Waals surface area contributed by atoms with E-state index in [0.717, 1.165) is 38.0 Å². The molecular formula is C28H44O3S. The van der Waals surface area contributed by atoms with Crippen LogP contribution in [0.15, 0.2) is 30.3 Å². The van der Waals surface area contributed by atoms with Crippen LogP contribution in [0.5, 0.6) is 0 Å². The van der Waals surface area contributed by atoms with E-state index in [1.807, 2.05) is 11.3 Å². The third-order valence-corrected chi connectivity index (χ3v) is 7.46. The van der Waals surface area contributed by atoms with E-state index in [2.05, 4.69) is 37.3 Å². The fourth-order valence-electron chi connectivity index (χ4n) is 4.37. The van der Waals surface area contributed by atoms with E-state index in [1.165, 1.54) is 67.9 Å². The first kappa shape index (κ1) is 26.9. The Balaban J connectivity index is 0.000000230. The fraction of sp³-hybridized carbons (Fsp3) is 0.679. The zero-order valence-corrected chi connectivity index (χ0v) is 21.0. The van der Waals surface area contributed by atoms with E-state index >= 15 is 0 Å². The van der Waals surface area contributed by atoms with Crippen molar-refractivity contribution in [3.05, 3.63) is 35.2 Å². The predicted molar refractivity (Wildman–Crippen MR) is 137 cm³/mol. The molecule has 2 aromatic rings. The molecule has 4 heteroatoms. The molecule has 180 valence electrons. The Hall–Kier alpha value is -1.39. The van der Waals surface area contributed by atoms with Gasteiger partial charge in [-0.2, -0.15) is 0 Å². The molecule has 1 N–H and O–H groups in total. The standard InChI is InChI=1S/C16H20S.C12H24O3/c1-2-7-13(6-1)8-5-10-15-12-14-9-3-4-11-16(14)17-15;1-2-3-4-6-9-12(14)15-11-8-5-7-10-13/h3-4,9,11-13H,1-2,5-8,10H2;13H,2-11H2,1H3. The summed E-state index contributed by atoms with van der Waals surface area (Å²) in [5, 5.41) is 9.96. The molecule has 0 atom stereocenters. The molecule has 0 bridgehead atoms. The van der Waals surface area contributed by atoms with Gasteiger partial charge in [-0.3, -0.25) is 4.79 Å². The Morgan fingerprint density at radius 1 is 1.03 bits per heavy atom. The van der Waals surface area contributed by atoms with E-state index in [4.69, 9.17) is 9.84 Å². The highest BCUT2D eigenvalue weighted by atomic mass is 32.1. The minimum atomic E-state index is -0.0740. The normalized spacial score (nSPS) is 13.8. The van der Waals surface area contributed by atoms with Crippen molar-refractivity contribution in [2.45, 2.75) is 103 Å². The van der Waals surface area contributed by atoms with Crippen molar-refractivity contribution in [3.8, 4) is 0 Å². The van der Waals surface area contributed by atoms with Crippen LogP contribution in [-0.2, 0) is 16.0 Å². The summed E-state index contributed by atoms with van der Waals surface area (Å²) in [4.78, 5) is 12.7. The Bertz CT molecular complexity index is 700. The maximum atomic E-state index is 11.2. The highest BCUT2D eigenvalue weighted by molar-refractivity contribution is 7.19. The molecule has 0 aliphatic heterocycles. The van der Waals surface area contributed by atoms with Crippen LogP contribution in [0.1, 0.15) is 102 Å². The average Bonchev–Trinajstić information content (AvgIpc) is 3.46. The quantitative estimate of drug-likeness (QED) is 0.229. The summed E-state index contributed by atoms with van der Waals surface area (Å²) in [6, 6.07) is 11.1. The lowest BCUT2D eigenvalue weighted by molar-refractivity contribution is -0.143. The SMILES string of the molecule is CCCCCCC(=O)OCCCCCO.c1ccc2sc(CCCC3CCCC3)cc2c1. The van der Waals surface area contributed by atoms with E-state index in [9.17, 15) is 4.79 Å². The number of aliphatic hydroxyl groups is 1. The van der Waals surface area contributed by atoms with Crippen LogP contribution in [0, 0.1) is 5.92 Å². The number of thiophene rings is 1. The number of unbranched alkanes of at least 4 members (excludes halogenated alkanes) is 5. The molecule has 1 fully saturated rings. The molecule has 1 aromatic carbocycles. The van der Waals surface area contributed by atoms with E-state index in [0.29, 0.717) is 13.0 Å². The summed E-state index contributed by atoms with van der Waals surface area (Å²) < 4.78 is 6.50. The lowest BCUT2D eigenvalue weighted by atomic mass is 10.0. The van der Waals surface area contributed by atoms with Crippen molar-refractivity contribution in [3.63, 3.8) is 0 Å². The maximum Gasteiger partial charge on any atom is 0.305 e. The fourth-order valence-corrected chi connectivity index (χ4v) is 5.48. The number of aryl methyl sites for hydroxylation is 1. The predicted octanol–water partition coefficient (Wildman–Crippen LogP) is 8.08. The summed E-state index contributed by atoms with van der Waals surface area (Å²) in [7, 11) is 0. The highest BCUT2D eigenvalue weighted by Gasteiger charge is 2.14. The topological polar surface area (TPSA) is 46.5 Å². The van der Waals surface area contributed by atoms with Gasteiger partial charge in [0.25, 0.3) is 0 Å².